The lowest BCUT2D eigenvalue weighted by Gasteiger charge is -2.07. The zero-order valence-corrected chi connectivity index (χ0v) is 16.5. The van der Waals surface area contributed by atoms with Gasteiger partial charge in [0.2, 0.25) is 15.8 Å². The number of carbonyl (C=O) groups excluding carboxylic acids is 2. The van der Waals surface area contributed by atoms with Crippen LogP contribution in [0.5, 0.6) is 0 Å². The van der Waals surface area contributed by atoms with E-state index in [0.717, 1.165) is 0 Å². The van der Waals surface area contributed by atoms with Gasteiger partial charge in [-0.2, -0.15) is 9.71 Å². The van der Waals surface area contributed by atoms with Crippen molar-refractivity contribution in [1.29, 1.82) is 0 Å². The van der Waals surface area contributed by atoms with Crippen LogP contribution in [0.1, 0.15) is 23.1 Å². The maximum absolute atomic E-state index is 12.9. The molecule has 0 saturated carbocycles. The van der Waals surface area contributed by atoms with E-state index in [0.29, 0.717) is 11.1 Å². The molecule has 0 bridgehead atoms. The molecule has 0 amide bonds. The van der Waals surface area contributed by atoms with Crippen LogP contribution in [0, 0.1) is 5.82 Å². The fourth-order valence-corrected chi connectivity index (χ4v) is 3.29. The molecule has 0 unspecified atom stereocenters. The Balaban J connectivity index is 1.52. The molecule has 1 heterocycles. The summed E-state index contributed by atoms with van der Waals surface area (Å²) in [5.74, 6) is -1.28. The highest BCUT2D eigenvalue weighted by Crippen LogP contribution is 2.17. The zero-order chi connectivity index (χ0) is 21.7. The van der Waals surface area contributed by atoms with Crippen molar-refractivity contribution in [3.8, 4) is 11.5 Å². The van der Waals surface area contributed by atoms with Gasteiger partial charge in [0.05, 0.1) is 4.90 Å². The fraction of sp³-hybridized carbons (Fsp3) is 0.158. The second-order valence-electron chi connectivity index (χ2n) is 6.09. The van der Waals surface area contributed by atoms with E-state index in [-0.39, 0.29) is 29.0 Å². The Morgan fingerprint density at radius 3 is 2.40 bits per heavy atom. The van der Waals surface area contributed by atoms with Crippen LogP contribution in [0.3, 0.4) is 0 Å². The molecule has 2 aromatic carbocycles. The van der Waals surface area contributed by atoms with Crippen LogP contribution in [0.4, 0.5) is 4.39 Å². The quantitative estimate of drug-likeness (QED) is 0.422. The molecule has 0 spiro atoms. The minimum absolute atomic E-state index is 0.0605. The topological polar surface area (TPSA) is 128 Å². The Morgan fingerprint density at radius 2 is 1.77 bits per heavy atom. The Morgan fingerprint density at radius 1 is 1.10 bits per heavy atom. The van der Waals surface area contributed by atoms with E-state index in [1.54, 1.807) is 0 Å². The minimum Gasteiger partial charge on any atom is -0.456 e. The Hall–Kier alpha value is -3.44. The zero-order valence-electron chi connectivity index (χ0n) is 15.7. The van der Waals surface area contributed by atoms with Crippen molar-refractivity contribution in [2.24, 2.45) is 0 Å². The highest BCUT2D eigenvalue weighted by atomic mass is 32.2. The number of nitrogens with zero attached hydrogens (tertiary/aromatic N) is 2. The average molecular weight is 433 g/mol. The Bertz CT molecular complexity index is 1160. The van der Waals surface area contributed by atoms with E-state index >= 15 is 0 Å². The van der Waals surface area contributed by atoms with Crippen molar-refractivity contribution in [1.82, 2.24) is 14.9 Å². The first kappa shape index (κ1) is 21.3. The average Bonchev–Trinajstić information content (AvgIpc) is 3.20. The van der Waals surface area contributed by atoms with E-state index in [1.165, 1.54) is 55.5 Å². The second kappa shape index (κ2) is 8.93. The molecule has 0 aliphatic heterocycles. The number of aromatic nitrogens is 2. The fourth-order valence-electron chi connectivity index (χ4n) is 2.32. The van der Waals surface area contributed by atoms with Gasteiger partial charge in [0.1, 0.15) is 12.4 Å². The van der Waals surface area contributed by atoms with Crippen molar-refractivity contribution in [2.45, 2.75) is 18.4 Å². The summed E-state index contributed by atoms with van der Waals surface area (Å²) in [5.41, 5.74) is 0.860. The molecule has 0 aliphatic carbocycles. The molecule has 156 valence electrons. The van der Waals surface area contributed by atoms with Crippen LogP contribution in [-0.4, -0.2) is 36.9 Å². The Labute approximate surface area is 170 Å². The monoisotopic (exact) mass is 433 g/mol. The number of sulfonamides is 1. The highest BCUT2D eigenvalue weighted by Gasteiger charge is 2.17. The van der Waals surface area contributed by atoms with E-state index in [9.17, 15) is 22.4 Å². The minimum atomic E-state index is -3.96. The first-order valence-electron chi connectivity index (χ1n) is 8.59. The van der Waals surface area contributed by atoms with Crippen molar-refractivity contribution < 1.29 is 31.7 Å². The number of ketones is 1. The number of ether oxygens (including phenoxy) is 1. The number of esters is 1. The number of halogens is 1. The van der Waals surface area contributed by atoms with Crippen LogP contribution in [0.25, 0.3) is 11.5 Å². The number of rotatable bonds is 8. The highest BCUT2D eigenvalue weighted by molar-refractivity contribution is 7.89. The normalized spacial score (nSPS) is 11.3. The van der Waals surface area contributed by atoms with Crippen molar-refractivity contribution >= 4 is 21.8 Å². The summed E-state index contributed by atoms with van der Waals surface area (Å²) in [6.07, 6.45) is 0. The van der Waals surface area contributed by atoms with Gasteiger partial charge in [0.15, 0.2) is 12.4 Å². The third-order valence-corrected chi connectivity index (χ3v) is 5.32. The van der Waals surface area contributed by atoms with Crippen molar-refractivity contribution in [3.05, 3.63) is 65.7 Å². The van der Waals surface area contributed by atoms with Gasteiger partial charge in [-0.05, 0) is 43.3 Å². The number of Topliss-reactive ketones (excluding diaryl/α,β-unsaturated/α-hetero) is 1. The van der Waals surface area contributed by atoms with Gasteiger partial charge in [0.25, 0.3) is 5.89 Å². The Kier molecular flexibility index (Phi) is 6.33. The van der Waals surface area contributed by atoms with E-state index in [4.69, 9.17) is 9.26 Å². The van der Waals surface area contributed by atoms with Gasteiger partial charge in [-0.1, -0.05) is 17.3 Å². The summed E-state index contributed by atoms with van der Waals surface area (Å²) in [4.78, 5) is 27.0. The number of nitrogens with one attached hydrogen (secondary N) is 1. The molecule has 3 aromatic rings. The standard InChI is InChI=1S/C19H16FN3O6S/c1-12(24)13-4-8-16(9-5-13)30(26,27)21-10-18(25)28-11-17-22-19(29-23-17)14-2-6-15(20)7-3-14/h2-9,21H,10-11H2,1H3. The SMILES string of the molecule is CC(=O)c1ccc(S(=O)(=O)NCC(=O)OCc2noc(-c3ccc(F)cc3)n2)cc1. The first-order valence-corrected chi connectivity index (χ1v) is 10.1. The molecule has 9 nitrogen and oxygen atoms in total. The van der Waals surface area contributed by atoms with E-state index < -0.39 is 28.4 Å². The number of hydrogen-bond acceptors (Lipinski definition) is 8. The van der Waals surface area contributed by atoms with Gasteiger partial charge in [-0.25, -0.2) is 12.8 Å². The molecule has 11 heteroatoms. The molecular weight excluding hydrogens is 417 g/mol. The smallest absolute Gasteiger partial charge is 0.321 e. The molecule has 0 fully saturated rings. The molecule has 0 saturated heterocycles. The van der Waals surface area contributed by atoms with Gasteiger partial charge >= 0.3 is 5.97 Å². The lowest BCUT2D eigenvalue weighted by atomic mass is 10.2. The van der Waals surface area contributed by atoms with Gasteiger partial charge in [0, 0.05) is 11.1 Å². The molecule has 30 heavy (non-hydrogen) atoms. The maximum atomic E-state index is 12.9. The third kappa shape index (κ3) is 5.33. The summed E-state index contributed by atoms with van der Waals surface area (Å²) >= 11 is 0. The molecule has 3 rings (SSSR count). The molecule has 1 N–H and O–H groups in total. The van der Waals surface area contributed by atoms with Crippen molar-refractivity contribution in [2.75, 3.05) is 6.54 Å². The number of hydrogen-bond donors (Lipinski definition) is 1. The molecule has 1 aromatic heterocycles. The molecule has 0 radical (unpaired) electrons. The van der Waals surface area contributed by atoms with Gasteiger partial charge < -0.3 is 9.26 Å². The number of carbonyl (C=O) groups is 2. The molecular formula is C19H16FN3O6S. The van der Waals surface area contributed by atoms with Crippen LogP contribution in [0.15, 0.2) is 57.9 Å². The lowest BCUT2D eigenvalue weighted by molar-refractivity contribution is -0.143. The predicted octanol–water partition coefficient (Wildman–Crippen LogP) is 2.10. The maximum Gasteiger partial charge on any atom is 0.321 e. The summed E-state index contributed by atoms with van der Waals surface area (Å²) in [6, 6.07) is 10.7. The van der Waals surface area contributed by atoms with Crippen LogP contribution in [0.2, 0.25) is 0 Å². The largest absolute Gasteiger partial charge is 0.456 e. The summed E-state index contributed by atoms with van der Waals surface area (Å²) < 4.78 is 49.4. The predicted molar refractivity (Wildman–Crippen MR) is 101 cm³/mol. The van der Waals surface area contributed by atoms with Gasteiger partial charge in [-0.3, -0.25) is 9.59 Å². The summed E-state index contributed by atoms with van der Waals surface area (Å²) in [7, 11) is -3.96. The van der Waals surface area contributed by atoms with Crippen LogP contribution in [-0.2, 0) is 26.2 Å². The van der Waals surface area contributed by atoms with E-state index in [2.05, 4.69) is 14.9 Å². The van der Waals surface area contributed by atoms with Crippen molar-refractivity contribution in [3.63, 3.8) is 0 Å². The van der Waals surface area contributed by atoms with Crippen LogP contribution >= 0.6 is 0 Å². The van der Waals surface area contributed by atoms with Gasteiger partial charge in [-0.15, -0.1) is 0 Å². The lowest BCUT2D eigenvalue weighted by Crippen LogP contribution is -2.30. The first-order chi connectivity index (χ1) is 14.2. The van der Waals surface area contributed by atoms with E-state index in [1.807, 2.05) is 0 Å². The number of benzene rings is 2. The molecule has 0 aliphatic rings. The summed E-state index contributed by atoms with van der Waals surface area (Å²) in [6.45, 7) is 0.419. The third-order valence-electron chi connectivity index (χ3n) is 3.90. The summed E-state index contributed by atoms with van der Waals surface area (Å²) in [5, 5.41) is 3.64. The van der Waals surface area contributed by atoms with Crippen LogP contribution < -0.4 is 4.72 Å². The second-order valence-corrected chi connectivity index (χ2v) is 7.86. The molecule has 0 atom stereocenters.